The van der Waals surface area contributed by atoms with E-state index in [0.717, 1.165) is 18.2 Å². The molecule has 0 unspecified atom stereocenters. The summed E-state index contributed by atoms with van der Waals surface area (Å²) < 4.78 is 27.2. The summed E-state index contributed by atoms with van der Waals surface area (Å²) >= 11 is 6.47. The van der Waals surface area contributed by atoms with Gasteiger partial charge in [0, 0.05) is 26.7 Å². The zero-order valence-electron chi connectivity index (χ0n) is 14.1. The smallest absolute Gasteiger partial charge is 0.149 e. The number of aliphatic imine (C=N–C) groups is 1. The van der Waals surface area contributed by atoms with Crippen LogP contribution in [0.5, 0.6) is 0 Å². The minimum atomic E-state index is -0.647. The van der Waals surface area contributed by atoms with Crippen LogP contribution in [0.2, 0.25) is 5.02 Å². The summed E-state index contributed by atoms with van der Waals surface area (Å²) in [4.78, 5) is 7.91. The zero-order valence-corrected chi connectivity index (χ0v) is 14.9. The lowest BCUT2D eigenvalue weighted by Gasteiger charge is -2.22. The van der Waals surface area contributed by atoms with Crippen molar-refractivity contribution in [2.75, 3.05) is 25.5 Å². The van der Waals surface area contributed by atoms with E-state index in [1.807, 2.05) is 37.9 Å². The average molecular weight is 352 g/mol. The normalized spacial score (nSPS) is 11.1. The number of benzene rings is 2. The molecule has 0 fully saturated rings. The summed E-state index contributed by atoms with van der Waals surface area (Å²) in [5.74, 6) is -1.27. The summed E-state index contributed by atoms with van der Waals surface area (Å²) in [5.41, 5.74) is 2.38. The average Bonchev–Trinajstić information content (AvgIpc) is 2.54. The van der Waals surface area contributed by atoms with Crippen molar-refractivity contribution in [1.82, 2.24) is 4.90 Å². The molecule has 2 aromatic carbocycles. The molecule has 2 rings (SSSR count). The van der Waals surface area contributed by atoms with Crippen LogP contribution in [0.1, 0.15) is 12.5 Å². The lowest BCUT2D eigenvalue weighted by Crippen LogP contribution is -2.14. The molecule has 3 nitrogen and oxygen atoms in total. The molecule has 0 aromatic heterocycles. The molecule has 0 amide bonds. The van der Waals surface area contributed by atoms with Crippen molar-refractivity contribution >= 4 is 35.0 Å². The van der Waals surface area contributed by atoms with Crippen LogP contribution in [0.3, 0.4) is 0 Å². The second kappa shape index (κ2) is 7.62. The topological polar surface area (TPSA) is 18.8 Å². The predicted octanol–water partition coefficient (Wildman–Crippen LogP) is 5.31. The van der Waals surface area contributed by atoms with E-state index in [1.54, 1.807) is 18.3 Å². The van der Waals surface area contributed by atoms with Crippen molar-refractivity contribution in [3.05, 3.63) is 52.6 Å². The summed E-state index contributed by atoms with van der Waals surface area (Å²) in [6, 6.07) is 7.16. The van der Waals surface area contributed by atoms with Gasteiger partial charge in [-0.05, 0) is 43.7 Å². The standard InChI is InChI=1S/C18H20ClF2N3/c1-5-23(3)11-22-15-8-12(2)9-17(18(15)19)24(4)16-7-6-13(20)10-14(16)21/h6-11H,5H2,1-4H3/b22-11-. The van der Waals surface area contributed by atoms with Gasteiger partial charge in [-0.15, -0.1) is 0 Å². The van der Waals surface area contributed by atoms with Crippen LogP contribution in [-0.4, -0.2) is 31.9 Å². The van der Waals surface area contributed by atoms with Crippen LogP contribution in [0.4, 0.5) is 25.8 Å². The van der Waals surface area contributed by atoms with E-state index in [1.165, 1.54) is 12.1 Å². The fourth-order valence-corrected chi connectivity index (χ4v) is 2.48. The molecule has 2 aromatic rings. The maximum Gasteiger partial charge on any atom is 0.149 e. The first-order valence-electron chi connectivity index (χ1n) is 7.56. The Kier molecular flexibility index (Phi) is 5.78. The van der Waals surface area contributed by atoms with E-state index < -0.39 is 11.6 Å². The number of halogens is 3. The molecule has 24 heavy (non-hydrogen) atoms. The van der Waals surface area contributed by atoms with Gasteiger partial charge in [0.05, 0.1) is 28.4 Å². The number of anilines is 2. The van der Waals surface area contributed by atoms with Gasteiger partial charge in [0.1, 0.15) is 11.6 Å². The Labute approximate surface area is 146 Å². The van der Waals surface area contributed by atoms with Gasteiger partial charge in [0.2, 0.25) is 0 Å². The molecular weight excluding hydrogens is 332 g/mol. The Morgan fingerprint density at radius 3 is 2.46 bits per heavy atom. The Balaban J connectivity index is 2.46. The van der Waals surface area contributed by atoms with Gasteiger partial charge in [-0.3, -0.25) is 0 Å². The van der Waals surface area contributed by atoms with Crippen LogP contribution in [-0.2, 0) is 0 Å². The fourth-order valence-electron chi connectivity index (χ4n) is 2.19. The largest absolute Gasteiger partial charge is 0.366 e. The molecule has 0 aliphatic heterocycles. The second-order valence-electron chi connectivity index (χ2n) is 5.59. The second-order valence-corrected chi connectivity index (χ2v) is 5.97. The SMILES string of the molecule is CCN(C)/C=N\c1cc(C)cc(N(C)c2ccc(F)cc2F)c1Cl. The van der Waals surface area contributed by atoms with Crippen molar-refractivity contribution < 1.29 is 8.78 Å². The van der Waals surface area contributed by atoms with E-state index >= 15 is 0 Å². The summed E-state index contributed by atoms with van der Waals surface area (Å²) in [6.07, 6.45) is 1.70. The predicted molar refractivity (Wildman–Crippen MR) is 97.1 cm³/mol. The van der Waals surface area contributed by atoms with Gasteiger partial charge in [0.15, 0.2) is 0 Å². The molecule has 0 radical (unpaired) electrons. The molecule has 0 atom stereocenters. The summed E-state index contributed by atoms with van der Waals surface area (Å²) in [6.45, 7) is 4.75. The highest BCUT2D eigenvalue weighted by atomic mass is 35.5. The van der Waals surface area contributed by atoms with E-state index in [9.17, 15) is 8.78 Å². The quantitative estimate of drug-likeness (QED) is 0.537. The number of rotatable bonds is 5. The lowest BCUT2D eigenvalue weighted by molar-refractivity contribution is 0.552. The number of hydrogen-bond acceptors (Lipinski definition) is 2. The Morgan fingerprint density at radius 1 is 1.12 bits per heavy atom. The number of hydrogen-bond donors (Lipinski definition) is 0. The van der Waals surface area contributed by atoms with Gasteiger partial charge in [0.25, 0.3) is 0 Å². The molecule has 0 bridgehead atoms. The third kappa shape index (κ3) is 4.03. The minimum Gasteiger partial charge on any atom is -0.366 e. The maximum atomic E-state index is 14.1. The molecule has 0 heterocycles. The molecule has 128 valence electrons. The van der Waals surface area contributed by atoms with E-state index in [0.29, 0.717) is 16.4 Å². The molecule has 0 saturated heterocycles. The molecule has 0 aliphatic carbocycles. The number of aryl methyl sites for hydroxylation is 1. The first-order chi connectivity index (χ1) is 11.3. The molecule has 0 aliphatic rings. The van der Waals surface area contributed by atoms with Crippen molar-refractivity contribution in [3.63, 3.8) is 0 Å². The van der Waals surface area contributed by atoms with Crippen molar-refractivity contribution in [3.8, 4) is 0 Å². The van der Waals surface area contributed by atoms with Gasteiger partial charge in [-0.1, -0.05) is 11.6 Å². The van der Waals surface area contributed by atoms with Crippen LogP contribution < -0.4 is 4.90 Å². The summed E-state index contributed by atoms with van der Waals surface area (Å²) in [5, 5.41) is 0.410. The maximum absolute atomic E-state index is 14.1. The Bertz CT molecular complexity index is 762. The first kappa shape index (κ1) is 18.2. The molecular formula is C18H20ClF2N3. The molecule has 0 spiro atoms. The van der Waals surface area contributed by atoms with Crippen molar-refractivity contribution in [1.29, 1.82) is 0 Å². The van der Waals surface area contributed by atoms with E-state index in [-0.39, 0.29) is 5.69 Å². The molecule has 0 saturated carbocycles. The third-order valence-corrected chi connectivity index (χ3v) is 4.09. The number of nitrogens with zero attached hydrogens (tertiary/aromatic N) is 3. The highest BCUT2D eigenvalue weighted by molar-refractivity contribution is 6.36. The highest BCUT2D eigenvalue weighted by Gasteiger charge is 2.16. The minimum absolute atomic E-state index is 0.240. The van der Waals surface area contributed by atoms with Crippen LogP contribution in [0.15, 0.2) is 35.3 Å². The van der Waals surface area contributed by atoms with E-state index in [2.05, 4.69) is 4.99 Å². The molecule has 0 N–H and O–H groups in total. The zero-order chi connectivity index (χ0) is 17.9. The van der Waals surface area contributed by atoms with Gasteiger partial charge < -0.3 is 9.80 Å². The van der Waals surface area contributed by atoms with E-state index in [4.69, 9.17) is 11.6 Å². The molecule has 6 heteroatoms. The van der Waals surface area contributed by atoms with Crippen molar-refractivity contribution in [2.45, 2.75) is 13.8 Å². The Morgan fingerprint density at radius 2 is 1.83 bits per heavy atom. The van der Waals surface area contributed by atoms with Gasteiger partial charge in [-0.25, -0.2) is 13.8 Å². The van der Waals surface area contributed by atoms with Crippen LogP contribution >= 0.6 is 11.6 Å². The fraction of sp³-hybridized carbons (Fsp3) is 0.278. The summed E-state index contributed by atoms with van der Waals surface area (Å²) in [7, 11) is 3.59. The highest BCUT2D eigenvalue weighted by Crippen LogP contribution is 2.39. The Hall–Kier alpha value is -2.14. The lowest BCUT2D eigenvalue weighted by atomic mass is 10.1. The van der Waals surface area contributed by atoms with Crippen LogP contribution in [0, 0.1) is 18.6 Å². The van der Waals surface area contributed by atoms with Crippen LogP contribution in [0.25, 0.3) is 0 Å². The van der Waals surface area contributed by atoms with Crippen molar-refractivity contribution in [2.24, 2.45) is 4.99 Å². The first-order valence-corrected chi connectivity index (χ1v) is 7.94. The monoisotopic (exact) mass is 351 g/mol. The van der Waals surface area contributed by atoms with Gasteiger partial charge in [-0.2, -0.15) is 0 Å². The third-order valence-electron chi connectivity index (χ3n) is 3.70. The van der Waals surface area contributed by atoms with Gasteiger partial charge >= 0.3 is 0 Å².